The summed E-state index contributed by atoms with van der Waals surface area (Å²) in [5.74, 6) is 1.62. The Morgan fingerprint density at radius 2 is 1.88 bits per heavy atom. The van der Waals surface area contributed by atoms with Gasteiger partial charge in [-0.25, -0.2) is 0 Å². The summed E-state index contributed by atoms with van der Waals surface area (Å²) in [5.41, 5.74) is 6.48. The number of aromatic nitrogens is 2. The number of rotatable bonds is 3. The molecule has 2 saturated carbocycles. The molecule has 0 radical (unpaired) electrons. The zero-order chi connectivity index (χ0) is 11.9. The van der Waals surface area contributed by atoms with Crippen LogP contribution in [0.15, 0.2) is 4.52 Å². The minimum absolute atomic E-state index is 0.105. The van der Waals surface area contributed by atoms with E-state index in [0.29, 0.717) is 0 Å². The van der Waals surface area contributed by atoms with Gasteiger partial charge in [0.25, 0.3) is 0 Å². The van der Waals surface area contributed by atoms with Crippen LogP contribution in [-0.2, 0) is 11.8 Å². The lowest BCUT2D eigenvalue weighted by atomic mass is 9.80. The number of hydrogen-bond acceptors (Lipinski definition) is 4. The van der Waals surface area contributed by atoms with E-state index in [0.717, 1.165) is 31.0 Å². The summed E-state index contributed by atoms with van der Waals surface area (Å²) in [6, 6.07) is 0. The third kappa shape index (κ3) is 2.23. The largest absolute Gasteiger partial charge is 0.339 e. The van der Waals surface area contributed by atoms with Crippen molar-refractivity contribution in [1.82, 2.24) is 10.1 Å². The summed E-state index contributed by atoms with van der Waals surface area (Å²) in [6.45, 7) is 2.19. The third-order valence-corrected chi connectivity index (χ3v) is 4.36. The Bertz CT molecular complexity index is 403. The number of hydrogen-bond donors (Lipinski definition) is 1. The molecular weight excluding hydrogens is 214 g/mol. The van der Waals surface area contributed by atoms with Crippen LogP contribution in [0.1, 0.15) is 63.6 Å². The molecule has 0 bridgehead atoms. The van der Waals surface area contributed by atoms with Crippen molar-refractivity contribution in [1.29, 1.82) is 0 Å². The Morgan fingerprint density at radius 1 is 1.18 bits per heavy atom. The van der Waals surface area contributed by atoms with E-state index in [1.165, 1.54) is 32.1 Å². The second-order valence-corrected chi connectivity index (χ2v) is 6.17. The first-order valence-electron chi connectivity index (χ1n) is 6.72. The average molecular weight is 235 g/mol. The molecule has 0 atom stereocenters. The molecule has 0 saturated heterocycles. The molecule has 1 heterocycles. The van der Waals surface area contributed by atoms with Gasteiger partial charge in [-0.3, -0.25) is 0 Å². The molecule has 4 heteroatoms. The summed E-state index contributed by atoms with van der Waals surface area (Å²) in [7, 11) is 0. The van der Waals surface area contributed by atoms with Crippen LogP contribution >= 0.6 is 0 Å². The Morgan fingerprint density at radius 3 is 2.53 bits per heavy atom. The Hall–Kier alpha value is -0.900. The molecule has 0 spiro atoms. The molecule has 1 aromatic heterocycles. The third-order valence-electron chi connectivity index (χ3n) is 4.36. The first-order valence-corrected chi connectivity index (χ1v) is 6.72. The van der Waals surface area contributed by atoms with Gasteiger partial charge in [0, 0.05) is 17.4 Å². The van der Waals surface area contributed by atoms with E-state index in [4.69, 9.17) is 10.3 Å². The predicted octanol–water partition coefficient (Wildman–Crippen LogP) is 2.33. The molecule has 0 unspecified atom stereocenters. The van der Waals surface area contributed by atoms with Crippen molar-refractivity contribution in [2.24, 2.45) is 5.73 Å². The van der Waals surface area contributed by atoms with Gasteiger partial charge in [0.1, 0.15) is 0 Å². The van der Waals surface area contributed by atoms with E-state index in [1.807, 2.05) is 0 Å². The molecule has 0 aliphatic heterocycles. The fourth-order valence-electron chi connectivity index (χ4n) is 2.72. The standard InChI is InChI=1S/C13H21N3O/c1-12(7-8-12)11-15-10(17-16-11)9-13(14)5-3-2-4-6-13/h2-9,14H2,1H3. The molecule has 1 aromatic rings. The monoisotopic (exact) mass is 235 g/mol. The van der Waals surface area contributed by atoms with Crippen LogP contribution in [0.3, 0.4) is 0 Å². The number of nitrogens with two attached hydrogens (primary N) is 1. The van der Waals surface area contributed by atoms with Gasteiger partial charge in [-0.1, -0.05) is 31.3 Å². The fraction of sp³-hybridized carbons (Fsp3) is 0.846. The summed E-state index contributed by atoms with van der Waals surface area (Å²) < 4.78 is 5.36. The Kier molecular flexibility index (Phi) is 2.51. The average Bonchev–Trinajstić information content (AvgIpc) is 2.88. The Labute approximate surface area is 102 Å². The first-order chi connectivity index (χ1) is 8.10. The molecular formula is C13H21N3O. The smallest absolute Gasteiger partial charge is 0.228 e. The maximum absolute atomic E-state index is 6.40. The van der Waals surface area contributed by atoms with Crippen LogP contribution in [0, 0.1) is 0 Å². The van der Waals surface area contributed by atoms with Gasteiger partial charge in [-0.15, -0.1) is 0 Å². The summed E-state index contributed by atoms with van der Waals surface area (Å²) >= 11 is 0. The molecule has 2 N–H and O–H groups in total. The molecule has 94 valence electrons. The lowest BCUT2D eigenvalue weighted by Crippen LogP contribution is -2.43. The molecule has 0 amide bonds. The van der Waals surface area contributed by atoms with Crippen molar-refractivity contribution in [2.75, 3.05) is 0 Å². The topological polar surface area (TPSA) is 64.9 Å². The highest BCUT2D eigenvalue weighted by Crippen LogP contribution is 2.46. The molecule has 2 aliphatic carbocycles. The van der Waals surface area contributed by atoms with E-state index in [9.17, 15) is 0 Å². The quantitative estimate of drug-likeness (QED) is 0.873. The normalized spacial score (nSPS) is 25.8. The zero-order valence-electron chi connectivity index (χ0n) is 10.5. The maximum Gasteiger partial charge on any atom is 0.228 e. The van der Waals surface area contributed by atoms with Gasteiger partial charge >= 0.3 is 0 Å². The minimum atomic E-state index is -0.105. The summed E-state index contributed by atoms with van der Waals surface area (Å²) in [6.07, 6.45) is 9.05. The first kappa shape index (κ1) is 11.2. The second-order valence-electron chi connectivity index (χ2n) is 6.17. The van der Waals surface area contributed by atoms with Crippen LogP contribution in [0.2, 0.25) is 0 Å². The molecule has 4 nitrogen and oxygen atoms in total. The van der Waals surface area contributed by atoms with Gasteiger partial charge in [-0.2, -0.15) is 4.98 Å². The lowest BCUT2D eigenvalue weighted by Gasteiger charge is -2.31. The summed E-state index contributed by atoms with van der Waals surface area (Å²) in [5, 5.41) is 4.10. The van der Waals surface area contributed by atoms with Crippen LogP contribution in [0.5, 0.6) is 0 Å². The van der Waals surface area contributed by atoms with Crippen molar-refractivity contribution in [3.05, 3.63) is 11.7 Å². The van der Waals surface area contributed by atoms with Gasteiger partial charge in [-0.05, 0) is 25.7 Å². The van der Waals surface area contributed by atoms with Crippen LogP contribution in [0.4, 0.5) is 0 Å². The second kappa shape index (κ2) is 3.80. The van der Waals surface area contributed by atoms with Crippen molar-refractivity contribution < 1.29 is 4.52 Å². The van der Waals surface area contributed by atoms with Crippen LogP contribution < -0.4 is 5.73 Å². The minimum Gasteiger partial charge on any atom is -0.339 e. The highest BCUT2D eigenvalue weighted by molar-refractivity contribution is 5.14. The van der Waals surface area contributed by atoms with E-state index >= 15 is 0 Å². The Balaban J connectivity index is 1.70. The van der Waals surface area contributed by atoms with Crippen LogP contribution in [-0.4, -0.2) is 15.7 Å². The molecule has 2 fully saturated rings. The molecule has 17 heavy (non-hydrogen) atoms. The van der Waals surface area contributed by atoms with Crippen LogP contribution in [0.25, 0.3) is 0 Å². The van der Waals surface area contributed by atoms with E-state index in [2.05, 4.69) is 17.1 Å². The zero-order valence-corrected chi connectivity index (χ0v) is 10.5. The van der Waals surface area contributed by atoms with Gasteiger partial charge < -0.3 is 10.3 Å². The predicted molar refractivity (Wildman–Crippen MR) is 64.6 cm³/mol. The van der Waals surface area contributed by atoms with Gasteiger partial charge in [0.05, 0.1) is 0 Å². The van der Waals surface area contributed by atoms with E-state index in [-0.39, 0.29) is 11.0 Å². The van der Waals surface area contributed by atoms with Crippen molar-refractivity contribution in [3.8, 4) is 0 Å². The summed E-state index contributed by atoms with van der Waals surface area (Å²) in [4.78, 5) is 4.53. The van der Waals surface area contributed by atoms with Gasteiger partial charge in [0.2, 0.25) is 5.89 Å². The van der Waals surface area contributed by atoms with E-state index < -0.39 is 0 Å². The SMILES string of the molecule is CC1(c2noc(CC3(N)CCCCC3)n2)CC1. The van der Waals surface area contributed by atoms with Crippen molar-refractivity contribution in [2.45, 2.75) is 69.2 Å². The molecule has 3 rings (SSSR count). The van der Waals surface area contributed by atoms with Crippen molar-refractivity contribution in [3.63, 3.8) is 0 Å². The van der Waals surface area contributed by atoms with Gasteiger partial charge in [0.15, 0.2) is 5.82 Å². The maximum atomic E-state index is 6.40. The van der Waals surface area contributed by atoms with Crippen molar-refractivity contribution >= 4 is 0 Å². The molecule has 2 aliphatic rings. The highest BCUT2D eigenvalue weighted by Gasteiger charge is 2.44. The molecule has 0 aromatic carbocycles. The lowest BCUT2D eigenvalue weighted by molar-refractivity contribution is 0.260. The number of nitrogens with zero attached hydrogens (tertiary/aromatic N) is 2. The van der Waals surface area contributed by atoms with E-state index in [1.54, 1.807) is 0 Å². The fourth-order valence-corrected chi connectivity index (χ4v) is 2.72. The highest BCUT2D eigenvalue weighted by atomic mass is 16.5.